The Bertz CT molecular complexity index is 284. The molecule has 1 saturated heterocycles. The van der Waals surface area contributed by atoms with Crippen LogP contribution >= 0.6 is 7.82 Å². The summed E-state index contributed by atoms with van der Waals surface area (Å²) in [6.45, 7) is -0.743. The van der Waals surface area contributed by atoms with Gasteiger partial charge in [-0.3, -0.25) is 0 Å². The average molecular weight is 336 g/mol. The first-order valence-corrected chi connectivity index (χ1v) is 5.73. The van der Waals surface area contributed by atoms with Crippen molar-refractivity contribution in [3.8, 4) is 0 Å². The second-order valence-corrected chi connectivity index (χ2v) is 4.36. The van der Waals surface area contributed by atoms with Crippen molar-refractivity contribution in [1.29, 1.82) is 0 Å². The van der Waals surface area contributed by atoms with Gasteiger partial charge in [0.05, 0.1) is 14.4 Å². The van der Waals surface area contributed by atoms with Gasteiger partial charge < -0.3 is 44.0 Å². The Labute approximate surface area is 188 Å². The Hall–Kier alpha value is 3.18. The predicted octanol–water partition coefficient (Wildman–Crippen LogP) is -10.4. The van der Waals surface area contributed by atoms with Crippen molar-refractivity contribution in [2.24, 2.45) is 0 Å². The summed E-state index contributed by atoms with van der Waals surface area (Å²) in [5.41, 5.74) is 0. The fourth-order valence-electron chi connectivity index (χ4n) is 1.28. The fourth-order valence-corrected chi connectivity index (χ4v) is 1.71. The number of ether oxygens (including phenoxy) is 1. The smallest absolute Gasteiger partial charge is 0.790 e. The van der Waals surface area contributed by atoms with Crippen LogP contribution in [0.4, 0.5) is 0 Å². The summed E-state index contributed by atoms with van der Waals surface area (Å²) in [7, 11) is -5.41. The van der Waals surface area contributed by atoms with E-state index in [9.17, 15) is 29.7 Å². The first-order chi connectivity index (χ1) is 7.26. The molecule has 1 aliphatic rings. The van der Waals surface area contributed by atoms with Crippen LogP contribution in [0.5, 0.6) is 0 Å². The minimum atomic E-state index is -5.41. The van der Waals surface area contributed by atoms with E-state index in [0.29, 0.717) is 0 Å². The van der Waals surface area contributed by atoms with Gasteiger partial charge >= 0.3 is 103 Å². The maximum atomic E-state index is 10.3. The van der Waals surface area contributed by atoms with E-state index in [1.54, 1.807) is 0 Å². The van der Waals surface area contributed by atoms with E-state index < -0.39 is 45.1 Å². The summed E-state index contributed by atoms with van der Waals surface area (Å²) in [5.74, 6) is 0. The molecule has 1 aliphatic heterocycles. The summed E-state index contributed by atoms with van der Waals surface area (Å²) in [6, 6.07) is 0. The van der Waals surface area contributed by atoms with Crippen LogP contribution < -0.4 is 113 Å². The molecular weight excluding hydrogens is 325 g/mol. The third kappa shape index (κ3) is 6.96. The molecule has 0 aromatic heterocycles. The van der Waals surface area contributed by atoms with E-state index in [1.165, 1.54) is 0 Å². The molecule has 1 rings (SSSR count). The van der Waals surface area contributed by atoms with Crippen LogP contribution in [0.25, 0.3) is 0 Å². The normalized spacial score (nSPS) is 36.4. The zero-order valence-electron chi connectivity index (χ0n) is 9.87. The fraction of sp³-hybridized carbons (Fsp3) is 1.00. The van der Waals surface area contributed by atoms with Crippen molar-refractivity contribution < 1.29 is 147 Å². The van der Waals surface area contributed by atoms with E-state index in [2.05, 4.69) is 9.26 Å². The van der Waals surface area contributed by atoms with E-state index in [-0.39, 0.29) is 103 Å². The Morgan fingerprint density at radius 2 is 1.61 bits per heavy atom. The maximum absolute atomic E-state index is 10.3. The number of aliphatic hydroxyl groups is 4. The number of phosphoric ester groups is 1. The largest absolute Gasteiger partial charge is 1.00 e. The SMILES string of the molecule is O=P([O-])([O-])OC1OC(CO)C(O)C(O)C1O.[K+].[K+]. The van der Waals surface area contributed by atoms with Gasteiger partial charge in [0, 0.05) is 0 Å². The minimum absolute atomic E-state index is 0. The third-order valence-corrected chi connectivity index (χ3v) is 2.55. The summed E-state index contributed by atoms with van der Waals surface area (Å²) < 4.78 is 18.7. The second-order valence-electron chi connectivity index (χ2n) is 3.25. The molecule has 12 heteroatoms. The molecule has 0 saturated carbocycles. The van der Waals surface area contributed by atoms with Gasteiger partial charge in [-0.2, -0.15) is 0 Å². The molecule has 0 spiro atoms. The summed E-state index contributed by atoms with van der Waals surface area (Å²) in [4.78, 5) is 20.6. The van der Waals surface area contributed by atoms with Gasteiger partial charge in [0.1, 0.15) is 24.4 Å². The van der Waals surface area contributed by atoms with Crippen molar-refractivity contribution in [2.45, 2.75) is 30.7 Å². The van der Waals surface area contributed by atoms with Crippen molar-refractivity contribution in [1.82, 2.24) is 0 Å². The number of aliphatic hydroxyl groups excluding tert-OH is 4. The molecule has 0 bridgehead atoms. The van der Waals surface area contributed by atoms with Crippen LogP contribution in [0.15, 0.2) is 0 Å². The van der Waals surface area contributed by atoms with Gasteiger partial charge in [0.2, 0.25) is 0 Å². The van der Waals surface area contributed by atoms with E-state index in [0.717, 1.165) is 0 Å². The molecule has 0 aromatic carbocycles. The first-order valence-electron chi connectivity index (χ1n) is 4.27. The van der Waals surface area contributed by atoms with Gasteiger partial charge in [-0.1, -0.05) is 0 Å². The van der Waals surface area contributed by atoms with Gasteiger partial charge in [-0.15, -0.1) is 0 Å². The Kier molecular flexibility index (Phi) is 13.1. The first kappa shape index (κ1) is 23.4. The van der Waals surface area contributed by atoms with Crippen LogP contribution in [0.1, 0.15) is 0 Å². The van der Waals surface area contributed by atoms with E-state index >= 15 is 0 Å². The number of hydrogen-bond acceptors (Lipinski definition) is 9. The van der Waals surface area contributed by atoms with Crippen LogP contribution in [0.2, 0.25) is 0 Å². The molecule has 5 unspecified atom stereocenters. The van der Waals surface area contributed by atoms with Gasteiger partial charge in [-0.25, -0.2) is 0 Å². The Morgan fingerprint density at radius 1 is 1.11 bits per heavy atom. The number of phosphoric acid groups is 1. The standard InChI is InChI=1S/C6H13O9P.2K/c7-1-2-3(8)4(9)5(10)6(14-2)15-16(11,12)13;;/h2-10H,1H2,(H2,11,12,13);;/q;2*+1/p-2. The number of hydrogen-bond donors (Lipinski definition) is 4. The van der Waals surface area contributed by atoms with Crippen LogP contribution in [0.3, 0.4) is 0 Å². The molecular formula is C6H11K2O9P. The van der Waals surface area contributed by atoms with Crippen molar-refractivity contribution in [3.05, 3.63) is 0 Å². The van der Waals surface area contributed by atoms with Crippen molar-refractivity contribution >= 4 is 7.82 Å². The third-order valence-electron chi connectivity index (χ3n) is 2.08. The van der Waals surface area contributed by atoms with E-state index in [4.69, 9.17) is 5.11 Å². The topological polar surface area (TPSA) is 163 Å². The van der Waals surface area contributed by atoms with E-state index in [1.807, 2.05) is 0 Å². The predicted molar refractivity (Wildman–Crippen MR) is 42.5 cm³/mol. The molecule has 1 heterocycles. The Balaban J connectivity index is 0. The zero-order chi connectivity index (χ0) is 12.5. The van der Waals surface area contributed by atoms with Crippen LogP contribution in [-0.4, -0.2) is 57.7 Å². The molecule has 96 valence electrons. The minimum Gasteiger partial charge on any atom is -0.790 e. The molecule has 5 atom stereocenters. The van der Waals surface area contributed by atoms with Crippen molar-refractivity contribution in [3.63, 3.8) is 0 Å². The van der Waals surface area contributed by atoms with Crippen LogP contribution in [0, 0.1) is 0 Å². The van der Waals surface area contributed by atoms with Crippen LogP contribution in [-0.2, 0) is 13.8 Å². The monoisotopic (exact) mass is 336 g/mol. The Morgan fingerprint density at radius 3 is 2.00 bits per heavy atom. The van der Waals surface area contributed by atoms with Gasteiger partial charge in [0.25, 0.3) is 0 Å². The molecule has 4 N–H and O–H groups in total. The quantitative estimate of drug-likeness (QED) is 0.289. The van der Waals surface area contributed by atoms with Gasteiger partial charge in [-0.05, 0) is 0 Å². The van der Waals surface area contributed by atoms with Gasteiger partial charge in [0.15, 0.2) is 6.29 Å². The molecule has 18 heavy (non-hydrogen) atoms. The zero-order valence-corrected chi connectivity index (χ0v) is 17.0. The summed E-state index contributed by atoms with van der Waals surface area (Å²) in [6.07, 6.45) is -8.61. The van der Waals surface area contributed by atoms with Crippen molar-refractivity contribution in [2.75, 3.05) is 6.61 Å². The number of rotatable bonds is 3. The molecule has 0 aliphatic carbocycles. The second kappa shape index (κ2) is 10.1. The maximum Gasteiger partial charge on any atom is 1.00 e. The molecule has 0 radical (unpaired) electrons. The molecule has 0 amide bonds. The molecule has 1 fully saturated rings. The summed E-state index contributed by atoms with van der Waals surface area (Å²) >= 11 is 0. The molecule has 9 nitrogen and oxygen atoms in total. The molecule has 0 aromatic rings. The summed E-state index contributed by atoms with van der Waals surface area (Å²) in [5, 5.41) is 36.5. The average Bonchev–Trinajstić information content (AvgIpc) is 2.17.